The fourth-order valence-electron chi connectivity index (χ4n) is 2.22. The third kappa shape index (κ3) is 3.29. The Balaban J connectivity index is 2.19. The molecule has 0 aliphatic heterocycles. The standard InChI is InChI=1S/C12H16F2N2O2S/c13-9-6-5-8(7-10(9)14)19(17,18)16-12-4-2-1-3-11(12)15/h5-7,11-12,16H,1-4,15H2/t11-,12-/m1/s1. The summed E-state index contributed by atoms with van der Waals surface area (Å²) in [5, 5.41) is 0. The molecule has 0 aromatic heterocycles. The molecule has 7 heteroatoms. The van der Waals surface area contributed by atoms with Crippen molar-refractivity contribution in [2.45, 2.75) is 42.7 Å². The number of sulfonamides is 1. The predicted octanol–water partition coefficient (Wildman–Crippen LogP) is 1.51. The van der Waals surface area contributed by atoms with E-state index in [4.69, 9.17) is 5.73 Å². The van der Waals surface area contributed by atoms with Crippen LogP contribution in [0.5, 0.6) is 0 Å². The molecule has 0 spiro atoms. The number of nitrogens with one attached hydrogen (secondary N) is 1. The summed E-state index contributed by atoms with van der Waals surface area (Å²) in [4.78, 5) is -0.288. The zero-order valence-corrected chi connectivity index (χ0v) is 11.1. The molecular formula is C12H16F2N2O2S. The molecule has 19 heavy (non-hydrogen) atoms. The molecule has 1 aliphatic carbocycles. The quantitative estimate of drug-likeness (QED) is 0.886. The first-order valence-electron chi connectivity index (χ1n) is 6.13. The number of benzene rings is 1. The summed E-state index contributed by atoms with van der Waals surface area (Å²) in [7, 11) is -3.87. The van der Waals surface area contributed by atoms with E-state index in [1.165, 1.54) is 0 Å². The number of rotatable bonds is 3. The molecule has 1 aliphatic rings. The summed E-state index contributed by atoms with van der Waals surface area (Å²) in [6, 6.07) is 1.91. The van der Waals surface area contributed by atoms with Crippen LogP contribution < -0.4 is 10.5 Å². The van der Waals surface area contributed by atoms with E-state index in [9.17, 15) is 17.2 Å². The summed E-state index contributed by atoms with van der Waals surface area (Å²) in [5.74, 6) is -2.26. The molecule has 0 bridgehead atoms. The second-order valence-corrected chi connectivity index (χ2v) is 6.47. The fourth-order valence-corrected chi connectivity index (χ4v) is 3.55. The molecule has 3 N–H and O–H groups in total. The van der Waals surface area contributed by atoms with Crippen LogP contribution in [0.15, 0.2) is 23.1 Å². The number of hydrogen-bond acceptors (Lipinski definition) is 3. The van der Waals surface area contributed by atoms with Gasteiger partial charge in [-0.3, -0.25) is 0 Å². The highest BCUT2D eigenvalue weighted by atomic mass is 32.2. The lowest BCUT2D eigenvalue weighted by Gasteiger charge is -2.29. The van der Waals surface area contributed by atoms with Gasteiger partial charge < -0.3 is 5.73 Å². The normalized spacial score (nSPS) is 24.4. The van der Waals surface area contributed by atoms with Gasteiger partial charge in [0.1, 0.15) is 0 Å². The van der Waals surface area contributed by atoms with E-state index in [1.807, 2.05) is 0 Å². The van der Waals surface area contributed by atoms with Gasteiger partial charge in [0.2, 0.25) is 10.0 Å². The molecule has 0 radical (unpaired) electrons. The third-order valence-electron chi connectivity index (χ3n) is 3.33. The minimum atomic E-state index is -3.87. The first-order valence-corrected chi connectivity index (χ1v) is 7.61. The largest absolute Gasteiger partial charge is 0.326 e. The Labute approximate surface area is 111 Å². The molecule has 2 atom stereocenters. The summed E-state index contributed by atoms with van der Waals surface area (Å²) < 4.78 is 52.4. The van der Waals surface area contributed by atoms with Crippen LogP contribution in [0.3, 0.4) is 0 Å². The first kappa shape index (κ1) is 14.4. The molecule has 1 fully saturated rings. The number of nitrogens with two attached hydrogens (primary N) is 1. The van der Waals surface area contributed by atoms with Gasteiger partial charge in [-0.1, -0.05) is 12.8 Å². The average Bonchev–Trinajstić information content (AvgIpc) is 2.35. The lowest BCUT2D eigenvalue weighted by molar-refractivity contribution is 0.361. The van der Waals surface area contributed by atoms with Crippen LogP contribution in [0.25, 0.3) is 0 Å². The molecule has 1 saturated carbocycles. The van der Waals surface area contributed by atoms with Gasteiger partial charge >= 0.3 is 0 Å². The van der Waals surface area contributed by atoms with Crippen molar-refractivity contribution in [3.05, 3.63) is 29.8 Å². The van der Waals surface area contributed by atoms with Crippen molar-refractivity contribution in [3.63, 3.8) is 0 Å². The van der Waals surface area contributed by atoms with E-state index >= 15 is 0 Å². The molecule has 4 nitrogen and oxygen atoms in total. The van der Waals surface area contributed by atoms with E-state index in [0.717, 1.165) is 31.4 Å². The summed E-state index contributed by atoms with van der Waals surface area (Å²) in [5.41, 5.74) is 5.86. The van der Waals surface area contributed by atoms with E-state index in [1.54, 1.807) is 0 Å². The van der Waals surface area contributed by atoms with Gasteiger partial charge in [-0.25, -0.2) is 21.9 Å². The minimum absolute atomic E-state index is 0.242. The molecule has 0 heterocycles. The Morgan fingerprint density at radius 1 is 1.16 bits per heavy atom. The lowest BCUT2D eigenvalue weighted by atomic mass is 9.92. The fraction of sp³-hybridized carbons (Fsp3) is 0.500. The second-order valence-electron chi connectivity index (χ2n) is 4.75. The summed E-state index contributed by atoms with van der Waals surface area (Å²) in [6.07, 6.45) is 3.29. The molecule has 0 unspecified atom stereocenters. The molecule has 2 rings (SSSR count). The van der Waals surface area contributed by atoms with Crippen LogP contribution in [-0.4, -0.2) is 20.5 Å². The van der Waals surface area contributed by atoms with Gasteiger partial charge in [-0.15, -0.1) is 0 Å². The monoisotopic (exact) mass is 290 g/mol. The molecule has 106 valence electrons. The van der Waals surface area contributed by atoms with E-state index < -0.39 is 21.7 Å². The first-order chi connectivity index (χ1) is 8.90. The molecule has 0 amide bonds. The van der Waals surface area contributed by atoms with Crippen molar-refractivity contribution in [1.29, 1.82) is 0 Å². The van der Waals surface area contributed by atoms with Gasteiger partial charge in [0.15, 0.2) is 11.6 Å². The lowest BCUT2D eigenvalue weighted by Crippen LogP contribution is -2.49. The van der Waals surface area contributed by atoms with Crippen LogP contribution >= 0.6 is 0 Å². The van der Waals surface area contributed by atoms with Crippen molar-refractivity contribution in [1.82, 2.24) is 4.72 Å². The summed E-state index contributed by atoms with van der Waals surface area (Å²) in [6.45, 7) is 0. The highest BCUT2D eigenvalue weighted by molar-refractivity contribution is 7.89. The van der Waals surface area contributed by atoms with E-state index in [-0.39, 0.29) is 17.0 Å². The van der Waals surface area contributed by atoms with Crippen molar-refractivity contribution < 1.29 is 17.2 Å². The van der Waals surface area contributed by atoms with E-state index in [2.05, 4.69) is 4.72 Å². The van der Waals surface area contributed by atoms with Crippen LogP contribution in [0.2, 0.25) is 0 Å². The van der Waals surface area contributed by atoms with Crippen LogP contribution in [0.1, 0.15) is 25.7 Å². The smallest absolute Gasteiger partial charge is 0.240 e. The molecule has 1 aromatic rings. The average molecular weight is 290 g/mol. The maximum absolute atomic E-state index is 13.1. The van der Waals surface area contributed by atoms with Crippen molar-refractivity contribution in [3.8, 4) is 0 Å². The Bertz CT molecular complexity index is 563. The Kier molecular flexibility index (Phi) is 4.17. The maximum atomic E-state index is 13.1. The Morgan fingerprint density at radius 2 is 1.84 bits per heavy atom. The minimum Gasteiger partial charge on any atom is -0.326 e. The highest BCUT2D eigenvalue weighted by Crippen LogP contribution is 2.20. The number of hydrogen-bond donors (Lipinski definition) is 2. The Morgan fingerprint density at radius 3 is 2.47 bits per heavy atom. The topological polar surface area (TPSA) is 72.2 Å². The highest BCUT2D eigenvalue weighted by Gasteiger charge is 2.27. The second kappa shape index (κ2) is 5.52. The van der Waals surface area contributed by atoms with Gasteiger partial charge in [0.05, 0.1) is 4.90 Å². The van der Waals surface area contributed by atoms with Gasteiger partial charge in [0.25, 0.3) is 0 Å². The Hall–Kier alpha value is -1.05. The van der Waals surface area contributed by atoms with Gasteiger partial charge in [0, 0.05) is 12.1 Å². The maximum Gasteiger partial charge on any atom is 0.240 e. The van der Waals surface area contributed by atoms with Gasteiger partial charge in [-0.2, -0.15) is 0 Å². The predicted molar refractivity (Wildman–Crippen MR) is 66.9 cm³/mol. The van der Waals surface area contributed by atoms with Crippen LogP contribution in [0.4, 0.5) is 8.78 Å². The van der Waals surface area contributed by atoms with E-state index in [0.29, 0.717) is 12.5 Å². The molecule has 1 aromatic carbocycles. The van der Waals surface area contributed by atoms with Crippen molar-refractivity contribution in [2.24, 2.45) is 5.73 Å². The zero-order chi connectivity index (χ0) is 14.0. The van der Waals surface area contributed by atoms with Crippen molar-refractivity contribution >= 4 is 10.0 Å². The summed E-state index contributed by atoms with van der Waals surface area (Å²) >= 11 is 0. The van der Waals surface area contributed by atoms with Crippen LogP contribution in [-0.2, 0) is 10.0 Å². The number of halogens is 2. The van der Waals surface area contributed by atoms with Crippen LogP contribution in [0, 0.1) is 11.6 Å². The van der Waals surface area contributed by atoms with Crippen molar-refractivity contribution in [2.75, 3.05) is 0 Å². The SMILES string of the molecule is N[C@@H]1CCCC[C@H]1NS(=O)(=O)c1ccc(F)c(F)c1. The molecular weight excluding hydrogens is 274 g/mol. The third-order valence-corrected chi connectivity index (χ3v) is 4.81. The van der Waals surface area contributed by atoms with Gasteiger partial charge in [-0.05, 0) is 31.0 Å². The zero-order valence-electron chi connectivity index (χ0n) is 10.3. The molecule has 0 saturated heterocycles.